The molecule has 2 N–H and O–H groups in total. The molecule has 10 nitrogen and oxygen atoms in total. The summed E-state index contributed by atoms with van der Waals surface area (Å²) in [6.07, 6.45) is 1.07. The molecule has 2 atom stereocenters. The van der Waals surface area contributed by atoms with Crippen LogP contribution in [0.1, 0.15) is 45.0 Å². The number of hydrogen-bond donors (Lipinski definition) is 2. The number of ether oxygens (including phenoxy) is 6. The molecule has 0 fully saturated rings. The van der Waals surface area contributed by atoms with Gasteiger partial charge in [-0.2, -0.15) is 0 Å². The zero-order valence-electron chi connectivity index (χ0n) is 24.0. The first-order valence-electron chi connectivity index (χ1n) is 13.0. The van der Waals surface area contributed by atoms with Crippen molar-refractivity contribution in [1.82, 2.24) is 5.48 Å². The number of rotatable bonds is 12. The van der Waals surface area contributed by atoms with Gasteiger partial charge in [0.2, 0.25) is 17.4 Å². The summed E-state index contributed by atoms with van der Waals surface area (Å²) in [7, 11) is 9.22. The van der Waals surface area contributed by atoms with Crippen LogP contribution in [-0.2, 0) is 17.6 Å². The maximum absolute atomic E-state index is 14.1. The van der Waals surface area contributed by atoms with Crippen molar-refractivity contribution in [2.24, 2.45) is 5.92 Å². The Kier molecular flexibility index (Phi) is 9.24. The van der Waals surface area contributed by atoms with Gasteiger partial charge in [-0.15, -0.1) is 0 Å². The van der Waals surface area contributed by atoms with E-state index in [1.54, 1.807) is 25.8 Å². The van der Waals surface area contributed by atoms with Crippen molar-refractivity contribution >= 4 is 11.7 Å². The molecule has 218 valence electrons. The molecule has 0 saturated carbocycles. The van der Waals surface area contributed by atoms with Gasteiger partial charge in [0.25, 0.3) is 0 Å². The van der Waals surface area contributed by atoms with Gasteiger partial charge in [-0.25, -0.2) is 5.48 Å². The monoisotopic (exact) mass is 565 g/mol. The lowest BCUT2D eigenvalue weighted by molar-refractivity contribution is -0.129. The number of carbonyl (C=O) groups is 2. The minimum Gasteiger partial charge on any atom is -0.493 e. The van der Waals surface area contributed by atoms with E-state index in [0.717, 1.165) is 16.7 Å². The molecule has 0 radical (unpaired) electrons. The third-order valence-electron chi connectivity index (χ3n) is 7.47. The van der Waals surface area contributed by atoms with Crippen LogP contribution in [0.15, 0.2) is 42.5 Å². The molecule has 0 aromatic heterocycles. The molecule has 3 aromatic rings. The number of amides is 1. The largest absolute Gasteiger partial charge is 0.493 e. The highest BCUT2D eigenvalue weighted by atomic mass is 16.5. The number of ketones is 1. The average Bonchev–Trinajstić information content (AvgIpc) is 3.28. The lowest BCUT2D eigenvalue weighted by Gasteiger charge is -2.24. The van der Waals surface area contributed by atoms with Gasteiger partial charge in [0.15, 0.2) is 28.8 Å². The Morgan fingerprint density at radius 1 is 0.756 bits per heavy atom. The van der Waals surface area contributed by atoms with Crippen LogP contribution < -0.4 is 33.9 Å². The van der Waals surface area contributed by atoms with Crippen LogP contribution in [0.2, 0.25) is 0 Å². The molecule has 0 bridgehead atoms. The van der Waals surface area contributed by atoms with Crippen LogP contribution in [0, 0.1) is 5.92 Å². The molecule has 2 unspecified atom stereocenters. The minimum absolute atomic E-state index is 0.0540. The van der Waals surface area contributed by atoms with Gasteiger partial charge in [0, 0.05) is 29.4 Å². The summed E-state index contributed by atoms with van der Waals surface area (Å²) in [6, 6.07) is 13.2. The summed E-state index contributed by atoms with van der Waals surface area (Å²) in [5, 5.41) is 8.75. The number of aryl methyl sites for hydroxylation is 1. The smallest absolute Gasteiger partial charge is 0.243 e. The number of fused-ring (bicyclic) bond motifs is 1. The predicted molar refractivity (Wildman–Crippen MR) is 150 cm³/mol. The Labute approximate surface area is 239 Å². The van der Waals surface area contributed by atoms with Gasteiger partial charge >= 0.3 is 0 Å². The maximum atomic E-state index is 14.1. The molecule has 0 spiro atoms. The van der Waals surface area contributed by atoms with Crippen LogP contribution in [0.25, 0.3) is 0 Å². The molecule has 0 aliphatic heterocycles. The second kappa shape index (κ2) is 12.8. The number of Topliss-reactive ketones (excluding diaryl/α,β-unsaturated/α-hetero) is 1. The van der Waals surface area contributed by atoms with E-state index in [9.17, 15) is 9.59 Å². The van der Waals surface area contributed by atoms with E-state index in [-0.39, 0.29) is 12.2 Å². The van der Waals surface area contributed by atoms with Crippen molar-refractivity contribution in [1.29, 1.82) is 0 Å². The van der Waals surface area contributed by atoms with E-state index in [2.05, 4.69) is 0 Å². The Bertz CT molecular complexity index is 1390. The molecular weight excluding hydrogens is 530 g/mol. The Balaban J connectivity index is 1.85. The fourth-order valence-corrected chi connectivity index (χ4v) is 5.54. The Morgan fingerprint density at radius 2 is 1.29 bits per heavy atom. The molecule has 1 aliphatic rings. The van der Waals surface area contributed by atoms with Gasteiger partial charge in [-0.05, 0) is 47.7 Å². The van der Waals surface area contributed by atoms with Crippen molar-refractivity contribution in [3.05, 3.63) is 70.3 Å². The first-order chi connectivity index (χ1) is 19.8. The number of methoxy groups -OCH3 is 6. The molecule has 10 heteroatoms. The molecule has 3 aromatic carbocycles. The SMILES string of the molecule is COc1cc(C2c3c(cc(OC)c(OC)c3OC)C(=O)C2Cc2ccc(CCC(=O)NO)cc2)cc(OC)c1OC. The summed E-state index contributed by atoms with van der Waals surface area (Å²) in [6.45, 7) is 0. The molecule has 41 heavy (non-hydrogen) atoms. The highest BCUT2D eigenvalue weighted by Crippen LogP contribution is 2.55. The summed E-state index contributed by atoms with van der Waals surface area (Å²) in [5.41, 5.74) is 5.51. The zero-order valence-corrected chi connectivity index (χ0v) is 24.0. The van der Waals surface area contributed by atoms with Crippen LogP contribution in [0.5, 0.6) is 34.5 Å². The van der Waals surface area contributed by atoms with E-state index in [1.807, 2.05) is 36.4 Å². The van der Waals surface area contributed by atoms with Gasteiger partial charge < -0.3 is 28.4 Å². The predicted octanol–water partition coefficient (Wildman–Crippen LogP) is 4.36. The van der Waals surface area contributed by atoms with Gasteiger partial charge in [0.1, 0.15) is 0 Å². The Morgan fingerprint density at radius 3 is 1.80 bits per heavy atom. The van der Waals surface area contributed by atoms with E-state index < -0.39 is 17.7 Å². The summed E-state index contributed by atoms with van der Waals surface area (Å²) in [5.74, 6) is 1.18. The standard InChI is InChI=1S/C31H35NO9/c1-36-22-14-19(15-23(37-2)29(22)39-4)26-20(13-18-9-7-17(8-10-18)11-12-25(33)32-35)28(34)21-16-24(38-3)30(40-5)31(41-6)27(21)26/h7-10,14-16,20,26,35H,11-13H2,1-6H3,(H,32,33). The topological polar surface area (TPSA) is 122 Å². The first-order valence-corrected chi connectivity index (χ1v) is 13.0. The second-order valence-corrected chi connectivity index (χ2v) is 9.57. The van der Waals surface area contributed by atoms with E-state index in [4.69, 9.17) is 33.6 Å². The van der Waals surface area contributed by atoms with Crippen LogP contribution in [-0.4, -0.2) is 59.6 Å². The van der Waals surface area contributed by atoms with Gasteiger partial charge in [-0.1, -0.05) is 24.3 Å². The number of hydrogen-bond acceptors (Lipinski definition) is 9. The molecular formula is C31H35NO9. The Hall–Kier alpha value is -4.44. The third-order valence-corrected chi connectivity index (χ3v) is 7.47. The quantitative estimate of drug-likeness (QED) is 0.244. The number of nitrogens with one attached hydrogen (secondary N) is 1. The van der Waals surface area contributed by atoms with E-state index >= 15 is 0 Å². The van der Waals surface area contributed by atoms with Crippen LogP contribution in [0.4, 0.5) is 0 Å². The molecule has 1 amide bonds. The summed E-state index contributed by atoms with van der Waals surface area (Å²) < 4.78 is 33.9. The first kappa shape index (κ1) is 29.5. The van der Waals surface area contributed by atoms with E-state index in [1.165, 1.54) is 28.4 Å². The second-order valence-electron chi connectivity index (χ2n) is 9.57. The van der Waals surface area contributed by atoms with Gasteiger partial charge in [-0.3, -0.25) is 14.8 Å². The van der Waals surface area contributed by atoms with Crippen LogP contribution >= 0.6 is 0 Å². The van der Waals surface area contributed by atoms with E-state index in [0.29, 0.717) is 58.5 Å². The number of hydroxylamine groups is 1. The maximum Gasteiger partial charge on any atom is 0.243 e. The molecule has 0 saturated heterocycles. The lowest BCUT2D eigenvalue weighted by atomic mass is 9.81. The fraction of sp³-hybridized carbons (Fsp3) is 0.355. The summed E-state index contributed by atoms with van der Waals surface area (Å²) >= 11 is 0. The molecule has 1 aliphatic carbocycles. The summed E-state index contributed by atoms with van der Waals surface area (Å²) in [4.78, 5) is 25.5. The van der Waals surface area contributed by atoms with Crippen molar-refractivity contribution < 1.29 is 43.2 Å². The average molecular weight is 566 g/mol. The zero-order chi connectivity index (χ0) is 29.7. The normalized spacial score (nSPS) is 15.6. The lowest BCUT2D eigenvalue weighted by Crippen LogP contribution is -2.19. The van der Waals surface area contributed by atoms with Crippen molar-refractivity contribution in [3.8, 4) is 34.5 Å². The molecule has 4 rings (SSSR count). The third kappa shape index (κ3) is 5.60. The van der Waals surface area contributed by atoms with Crippen molar-refractivity contribution in [2.45, 2.75) is 25.2 Å². The number of benzene rings is 3. The number of carbonyl (C=O) groups excluding carboxylic acids is 2. The minimum atomic E-state index is -0.496. The fourth-order valence-electron chi connectivity index (χ4n) is 5.54. The molecule has 0 heterocycles. The van der Waals surface area contributed by atoms with Gasteiger partial charge in [0.05, 0.1) is 42.7 Å². The van der Waals surface area contributed by atoms with Crippen molar-refractivity contribution in [3.63, 3.8) is 0 Å². The highest BCUT2D eigenvalue weighted by Gasteiger charge is 2.45. The van der Waals surface area contributed by atoms with Crippen LogP contribution in [0.3, 0.4) is 0 Å². The highest BCUT2D eigenvalue weighted by molar-refractivity contribution is 6.06. The van der Waals surface area contributed by atoms with Crippen molar-refractivity contribution in [2.75, 3.05) is 42.7 Å².